The molecule has 4 nitrogen and oxygen atoms in total. The third-order valence-electron chi connectivity index (χ3n) is 9.63. The van der Waals surface area contributed by atoms with Crippen LogP contribution in [-0.4, -0.2) is 14.1 Å². The number of para-hydroxylation sites is 3. The summed E-state index contributed by atoms with van der Waals surface area (Å²) in [7, 11) is 0. The highest BCUT2D eigenvalue weighted by Gasteiger charge is 2.18. The molecule has 220 valence electrons. The van der Waals surface area contributed by atoms with Crippen LogP contribution in [0.2, 0.25) is 0 Å². The number of pyridine rings is 1. The molecule has 10 aromatic rings. The molecule has 0 aliphatic rings. The second kappa shape index (κ2) is 9.80. The molecule has 0 aliphatic carbocycles. The highest BCUT2D eigenvalue weighted by molar-refractivity contribution is 6.21. The van der Waals surface area contributed by atoms with E-state index < -0.39 is 0 Å². The summed E-state index contributed by atoms with van der Waals surface area (Å²) in [5.41, 5.74) is 9.53. The van der Waals surface area contributed by atoms with Gasteiger partial charge in [0.1, 0.15) is 0 Å². The molecule has 47 heavy (non-hydrogen) atoms. The van der Waals surface area contributed by atoms with Crippen molar-refractivity contribution in [3.8, 4) is 22.5 Å². The van der Waals surface area contributed by atoms with E-state index in [0.29, 0.717) is 5.39 Å². The van der Waals surface area contributed by atoms with Crippen LogP contribution in [0, 0.1) is 0 Å². The Morgan fingerprint density at radius 3 is 1.64 bits per heavy atom. The maximum absolute atomic E-state index is 13.9. The van der Waals surface area contributed by atoms with Gasteiger partial charge in [0.25, 0.3) is 5.56 Å². The zero-order chi connectivity index (χ0) is 31.1. The van der Waals surface area contributed by atoms with E-state index in [-0.39, 0.29) is 5.56 Å². The lowest BCUT2D eigenvalue weighted by Crippen LogP contribution is -2.07. The second-order valence-corrected chi connectivity index (χ2v) is 12.2. The van der Waals surface area contributed by atoms with Crippen LogP contribution < -0.4 is 5.56 Å². The number of rotatable bonds is 3. The van der Waals surface area contributed by atoms with Crippen molar-refractivity contribution in [3.63, 3.8) is 0 Å². The van der Waals surface area contributed by atoms with Crippen LogP contribution in [0.3, 0.4) is 0 Å². The van der Waals surface area contributed by atoms with Gasteiger partial charge in [0, 0.05) is 43.7 Å². The molecule has 0 saturated carbocycles. The first kappa shape index (κ1) is 25.9. The van der Waals surface area contributed by atoms with E-state index in [1.165, 1.54) is 10.9 Å². The molecule has 0 bridgehead atoms. The highest BCUT2D eigenvalue weighted by Crippen LogP contribution is 2.39. The number of nitrogens with one attached hydrogen (secondary N) is 1. The number of nitrogens with zero attached hydrogens (tertiary/aromatic N) is 2. The fourth-order valence-electron chi connectivity index (χ4n) is 7.55. The minimum Gasteiger partial charge on any atom is -0.321 e. The zero-order valence-corrected chi connectivity index (χ0v) is 25.3. The van der Waals surface area contributed by atoms with Crippen molar-refractivity contribution in [2.45, 2.75) is 0 Å². The van der Waals surface area contributed by atoms with Gasteiger partial charge in [-0.3, -0.25) is 4.79 Å². The Kier molecular flexibility index (Phi) is 5.40. The number of aromatic nitrogens is 3. The molecule has 0 amide bonds. The minimum atomic E-state index is -0.0917. The molecule has 4 heteroatoms. The zero-order valence-electron chi connectivity index (χ0n) is 25.3. The topological polar surface area (TPSA) is 42.7 Å². The van der Waals surface area contributed by atoms with Crippen molar-refractivity contribution < 1.29 is 0 Å². The Labute approximate surface area is 269 Å². The van der Waals surface area contributed by atoms with Gasteiger partial charge in [-0.15, -0.1) is 0 Å². The van der Waals surface area contributed by atoms with E-state index in [0.717, 1.165) is 71.5 Å². The fraction of sp³-hybridized carbons (Fsp3) is 0. The Bertz CT molecular complexity index is 2910. The molecule has 0 radical (unpaired) electrons. The third-order valence-corrected chi connectivity index (χ3v) is 9.63. The number of aromatic amines is 1. The van der Waals surface area contributed by atoms with Crippen molar-refractivity contribution in [1.82, 2.24) is 14.1 Å². The van der Waals surface area contributed by atoms with Crippen LogP contribution in [-0.2, 0) is 0 Å². The average molecular weight is 602 g/mol. The number of hydrogen-bond acceptors (Lipinski definition) is 1. The summed E-state index contributed by atoms with van der Waals surface area (Å²) >= 11 is 0. The molecule has 3 heterocycles. The Morgan fingerprint density at radius 2 is 0.915 bits per heavy atom. The van der Waals surface area contributed by atoms with Gasteiger partial charge in [-0.25, -0.2) is 0 Å². The Balaban J connectivity index is 1.29. The SMILES string of the molecule is O=c1[nH]c2cc3c(cc2c2cc4c5ccccc5n(-c5cccc(-c6ccccc6)c5)c4cc12)c1ccccc1n3-c1ccccc1. The van der Waals surface area contributed by atoms with Crippen LogP contribution in [0.15, 0.2) is 163 Å². The van der Waals surface area contributed by atoms with E-state index in [9.17, 15) is 4.79 Å². The number of benzene rings is 7. The van der Waals surface area contributed by atoms with Gasteiger partial charge in [-0.1, -0.05) is 97.1 Å². The lowest BCUT2D eigenvalue weighted by molar-refractivity contribution is 1.18. The first-order chi connectivity index (χ1) is 23.2. The minimum absolute atomic E-state index is 0.0917. The summed E-state index contributed by atoms with van der Waals surface area (Å²) in [6.07, 6.45) is 0. The van der Waals surface area contributed by atoms with Gasteiger partial charge in [0.15, 0.2) is 0 Å². The van der Waals surface area contributed by atoms with Gasteiger partial charge in [-0.05, 0) is 77.2 Å². The van der Waals surface area contributed by atoms with Crippen LogP contribution in [0.1, 0.15) is 0 Å². The quantitative estimate of drug-likeness (QED) is 0.201. The molecular formula is C43H27N3O. The maximum Gasteiger partial charge on any atom is 0.256 e. The summed E-state index contributed by atoms with van der Waals surface area (Å²) in [6, 6.07) is 55.3. The summed E-state index contributed by atoms with van der Waals surface area (Å²) in [4.78, 5) is 17.2. The summed E-state index contributed by atoms with van der Waals surface area (Å²) in [5.74, 6) is 0. The van der Waals surface area contributed by atoms with E-state index in [1.807, 2.05) is 12.1 Å². The molecular weight excluding hydrogens is 574 g/mol. The van der Waals surface area contributed by atoms with Crippen LogP contribution in [0.4, 0.5) is 0 Å². The normalized spacial score (nSPS) is 11.9. The largest absolute Gasteiger partial charge is 0.321 e. The molecule has 10 rings (SSSR count). The van der Waals surface area contributed by atoms with Gasteiger partial charge < -0.3 is 14.1 Å². The fourth-order valence-corrected chi connectivity index (χ4v) is 7.55. The monoisotopic (exact) mass is 601 g/mol. The van der Waals surface area contributed by atoms with Gasteiger partial charge in [0.2, 0.25) is 0 Å². The number of hydrogen-bond donors (Lipinski definition) is 1. The summed E-state index contributed by atoms with van der Waals surface area (Å²) in [6.45, 7) is 0. The molecule has 0 unspecified atom stereocenters. The van der Waals surface area contributed by atoms with Gasteiger partial charge in [0.05, 0.1) is 27.6 Å². The predicted octanol–water partition coefficient (Wildman–Crippen LogP) is 10.5. The van der Waals surface area contributed by atoms with E-state index in [2.05, 4.69) is 160 Å². The lowest BCUT2D eigenvalue weighted by Gasteiger charge is -2.11. The molecule has 3 aromatic heterocycles. The second-order valence-electron chi connectivity index (χ2n) is 12.2. The molecule has 7 aromatic carbocycles. The van der Waals surface area contributed by atoms with Crippen molar-refractivity contribution in [2.24, 2.45) is 0 Å². The van der Waals surface area contributed by atoms with E-state index >= 15 is 0 Å². The van der Waals surface area contributed by atoms with Gasteiger partial charge in [-0.2, -0.15) is 0 Å². The predicted molar refractivity (Wildman–Crippen MR) is 196 cm³/mol. The van der Waals surface area contributed by atoms with Gasteiger partial charge >= 0.3 is 0 Å². The molecule has 0 spiro atoms. The summed E-state index contributed by atoms with van der Waals surface area (Å²) < 4.78 is 4.57. The van der Waals surface area contributed by atoms with E-state index in [4.69, 9.17) is 0 Å². The standard InChI is InChI=1S/C43H27N3O/c47-43-37-25-41-35(31-18-8-10-21-40(31)46(41)30-17-11-14-28(22-30)27-12-3-1-4-13-27)23-33(37)34-24-36-32-19-7-9-20-39(32)45(29-15-5-2-6-16-29)42(36)26-38(34)44-43/h1-26H,(H,44,47). The third kappa shape index (κ3) is 3.79. The molecule has 0 atom stereocenters. The lowest BCUT2D eigenvalue weighted by atomic mass is 10.0. The molecule has 0 saturated heterocycles. The first-order valence-corrected chi connectivity index (χ1v) is 15.9. The average Bonchev–Trinajstić information content (AvgIpc) is 3.63. The Hall–Kier alpha value is -6.39. The first-order valence-electron chi connectivity index (χ1n) is 15.9. The van der Waals surface area contributed by atoms with Crippen molar-refractivity contribution >= 4 is 65.3 Å². The Morgan fingerprint density at radius 1 is 0.362 bits per heavy atom. The van der Waals surface area contributed by atoms with Crippen LogP contribution >= 0.6 is 0 Å². The maximum atomic E-state index is 13.9. The smallest absolute Gasteiger partial charge is 0.256 e. The number of fused-ring (bicyclic) bond motifs is 9. The molecule has 1 N–H and O–H groups in total. The van der Waals surface area contributed by atoms with Crippen molar-refractivity contribution in [1.29, 1.82) is 0 Å². The molecule has 0 aliphatic heterocycles. The van der Waals surface area contributed by atoms with Crippen molar-refractivity contribution in [2.75, 3.05) is 0 Å². The van der Waals surface area contributed by atoms with Crippen LogP contribution in [0.5, 0.6) is 0 Å². The van der Waals surface area contributed by atoms with Crippen LogP contribution in [0.25, 0.3) is 87.8 Å². The summed E-state index contributed by atoms with van der Waals surface area (Å²) in [5, 5.41) is 7.29. The highest BCUT2D eigenvalue weighted by atomic mass is 16.1. The number of H-pyrrole nitrogens is 1. The molecule has 0 fully saturated rings. The van der Waals surface area contributed by atoms with Crippen molar-refractivity contribution in [3.05, 3.63) is 168 Å². The van der Waals surface area contributed by atoms with E-state index in [1.54, 1.807) is 0 Å².